The van der Waals surface area contributed by atoms with Gasteiger partial charge in [-0.1, -0.05) is 42.5 Å². The first kappa shape index (κ1) is 15.7. The maximum absolute atomic E-state index is 11.5. The molecule has 0 atom stereocenters. The second kappa shape index (κ2) is 6.85. The van der Waals surface area contributed by atoms with Crippen molar-refractivity contribution in [3.63, 3.8) is 0 Å². The fraction of sp³-hybridized carbons (Fsp3) is 0.353. The third-order valence-electron chi connectivity index (χ3n) is 2.85. The van der Waals surface area contributed by atoms with E-state index in [9.17, 15) is 4.79 Å². The Kier molecular flexibility index (Phi) is 5.12. The van der Waals surface area contributed by atoms with Crippen LogP contribution < -0.4 is 5.32 Å². The molecule has 0 aliphatic carbocycles. The monoisotopic (exact) mass is 303 g/mol. The highest BCUT2D eigenvalue weighted by Gasteiger charge is 2.15. The molecule has 0 spiro atoms. The number of alkyl carbamates (subject to hydrolysis) is 1. The van der Waals surface area contributed by atoms with E-state index in [-0.39, 0.29) is 6.09 Å². The summed E-state index contributed by atoms with van der Waals surface area (Å²) in [4.78, 5) is 11.5. The van der Waals surface area contributed by atoms with Crippen molar-refractivity contribution in [2.24, 2.45) is 0 Å². The highest BCUT2D eigenvalue weighted by atomic mass is 32.2. The molecule has 112 valence electrons. The Bertz CT molecular complexity index is 614. The molecule has 0 saturated heterocycles. The second-order valence-corrected chi connectivity index (χ2v) is 6.80. The van der Waals surface area contributed by atoms with Crippen LogP contribution in [0.4, 0.5) is 4.79 Å². The molecule has 0 aliphatic heterocycles. The van der Waals surface area contributed by atoms with Crippen molar-refractivity contribution in [2.75, 3.05) is 5.88 Å². The van der Waals surface area contributed by atoms with Crippen LogP contribution in [0.25, 0.3) is 10.8 Å². The molecule has 2 rings (SSSR count). The zero-order valence-corrected chi connectivity index (χ0v) is 13.5. The van der Waals surface area contributed by atoms with Crippen LogP contribution in [0.2, 0.25) is 0 Å². The standard InChI is InChI=1S/C17H21NO2S/c1-17(2,3)20-16(19)18-12-21-11-14-9-6-8-13-7-4-5-10-15(13)14/h4-10H,11-12H2,1-3H3,(H,18,19). The Morgan fingerprint density at radius 2 is 1.86 bits per heavy atom. The average Bonchev–Trinajstić information content (AvgIpc) is 2.42. The quantitative estimate of drug-likeness (QED) is 0.665. The summed E-state index contributed by atoms with van der Waals surface area (Å²) < 4.78 is 5.20. The molecule has 0 saturated carbocycles. The Morgan fingerprint density at radius 1 is 1.14 bits per heavy atom. The normalized spacial score (nSPS) is 11.4. The summed E-state index contributed by atoms with van der Waals surface area (Å²) in [5.41, 5.74) is 0.828. The number of rotatable bonds is 4. The summed E-state index contributed by atoms with van der Waals surface area (Å²) in [6.45, 7) is 5.57. The van der Waals surface area contributed by atoms with Gasteiger partial charge in [0, 0.05) is 5.75 Å². The zero-order valence-electron chi connectivity index (χ0n) is 12.7. The van der Waals surface area contributed by atoms with Crippen molar-refractivity contribution in [1.29, 1.82) is 0 Å². The van der Waals surface area contributed by atoms with Gasteiger partial charge in [-0.2, -0.15) is 0 Å². The molecule has 0 heterocycles. The predicted molar refractivity (Wildman–Crippen MR) is 89.5 cm³/mol. The van der Waals surface area contributed by atoms with Gasteiger partial charge in [-0.05, 0) is 37.1 Å². The van der Waals surface area contributed by atoms with E-state index >= 15 is 0 Å². The third kappa shape index (κ3) is 4.97. The average molecular weight is 303 g/mol. The molecule has 0 aliphatic rings. The van der Waals surface area contributed by atoms with Gasteiger partial charge in [-0.25, -0.2) is 4.79 Å². The molecule has 21 heavy (non-hydrogen) atoms. The number of carbonyl (C=O) groups is 1. The first-order chi connectivity index (χ1) is 9.96. The number of hydrogen-bond acceptors (Lipinski definition) is 3. The van der Waals surface area contributed by atoms with E-state index in [2.05, 4.69) is 41.7 Å². The Balaban J connectivity index is 1.84. The first-order valence-corrected chi connectivity index (χ1v) is 8.12. The summed E-state index contributed by atoms with van der Waals surface area (Å²) in [5.74, 6) is 1.40. The molecule has 1 amide bonds. The number of benzene rings is 2. The van der Waals surface area contributed by atoms with Crippen LogP contribution in [0.3, 0.4) is 0 Å². The van der Waals surface area contributed by atoms with Crippen LogP contribution in [-0.4, -0.2) is 17.6 Å². The van der Waals surface area contributed by atoms with E-state index in [0.29, 0.717) is 5.88 Å². The van der Waals surface area contributed by atoms with Crippen LogP contribution >= 0.6 is 11.8 Å². The Labute approximate surface area is 130 Å². The summed E-state index contributed by atoms with van der Waals surface area (Å²) >= 11 is 1.66. The van der Waals surface area contributed by atoms with Gasteiger partial charge in [-0.15, -0.1) is 11.8 Å². The van der Waals surface area contributed by atoms with Gasteiger partial charge in [0.15, 0.2) is 0 Å². The minimum atomic E-state index is -0.454. The van der Waals surface area contributed by atoms with Gasteiger partial charge in [0.1, 0.15) is 5.60 Å². The van der Waals surface area contributed by atoms with Crippen molar-refractivity contribution in [1.82, 2.24) is 5.32 Å². The summed E-state index contributed by atoms with van der Waals surface area (Å²) in [6.07, 6.45) is -0.368. The molecular weight excluding hydrogens is 282 g/mol. The number of nitrogens with one attached hydrogen (secondary N) is 1. The van der Waals surface area contributed by atoms with E-state index in [1.807, 2.05) is 26.8 Å². The number of amides is 1. The van der Waals surface area contributed by atoms with E-state index in [1.54, 1.807) is 11.8 Å². The van der Waals surface area contributed by atoms with Crippen molar-refractivity contribution in [3.05, 3.63) is 48.0 Å². The molecule has 3 nitrogen and oxygen atoms in total. The maximum atomic E-state index is 11.5. The highest BCUT2D eigenvalue weighted by Crippen LogP contribution is 2.22. The SMILES string of the molecule is CC(C)(C)OC(=O)NCSCc1cccc2ccccc12. The zero-order chi connectivity index (χ0) is 15.3. The molecule has 0 bridgehead atoms. The predicted octanol–water partition coefficient (Wildman–Crippen LogP) is 4.56. The first-order valence-electron chi connectivity index (χ1n) is 6.97. The van der Waals surface area contributed by atoms with Crippen molar-refractivity contribution in [2.45, 2.75) is 32.1 Å². The van der Waals surface area contributed by atoms with Gasteiger partial charge >= 0.3 is 6.09 Å². The van der Waals surface area contributed by atoms with Gasteiger partial charge in [0.2, 0.25) is 0 Å². The second-order valence-electron chi connectivity index (χ2n) is 5.81. The summed E-state index contributed by atoms with van der Waals surface area (Å²) in [7, 11) is 0. The van der Waals surface area contributed by atoms with Gasteiger partial charge < -0.3 is 10.1 Å². The van der Waals surface area contributed by atoms with Crippen LogP contribution in [0.1, 0.15) is 26.3 Å². The smallest absolute Gasteiger partial charge is 0.408 e. The fourth-order valence-corrected chi connectivity index (χ4v) is 2.80. The van der Waals surface area contributed by atoms with Crippen LogP contribution in [0, 0.1) is 0 Å². The van der Waals surface area contributed by atoms with Crippen LogP contribution in [0.5, 0.6) is 0 Å². The van der Waals surface area contributed by atoms with Crippen LogP contribution in [0.15, 0.2) is 42.5 Å². The molecular formula is C17H21NO2S. The Hall–Kier alpha value is -1.68. The van der Waals surface area contributed by atoms with Crippen molar-refractivity contribution >= 4 is 28.6 Å². The van der Waals surface area contributed by atoms with Crippen molar-refractivity contribution in [3.8, 4) is 0 Å². The Morgan fingerprint density at radius 3 is 2.62 bits per heavy atom. The minimum Gasteiger partial charge on any atom is -0.444 e. The maximum Gasteiger partial charge on any atom is 0.408 e. The number of carbonyl (C=O) groups excluding carboxylic acids is 1. The van der Waals surface area contributed by atoms with Gasteiger partial charge in [0.25, 0.3) is 0 Å². The van der Waals surface area contributed by atoms with E-state index in [1.165, 1.54) is 16.3 Å². The fourth-order valence-electron chi connectivity index (χ4n) is 2.00. The molecule has 0 unspecified atom stereocenters. The van der Waals surface area contributed by atoms with Crippen molar-refractivity contribution < 1.29 is 9.53 Å². The van der Waals surface area contributed by atoms with E-state index in [0.717, 1.165) is 5.75 Å². The van der Waals surface area contributed by atoms with E-state index < -0.39 is 5.60 Å². The number of thioether (sulfide) groups is 1. The lowest BCUT2D eigenvalue weighted by atomic mass is 10.1. The lowest BCUT2D eigenvalue weighted by Gasteiger charge is -2.19. The van der Waals surface area contributed by atoms with Gasteiger partial charge in [0.05, 0.1) is 5.88 Å². The highest BCUT2D eigenvalue weighted by molar-refractivity contribution is 7.98. The summed E-state index contributed by atoms with van der Waals surface area (Å²) in [5, 5.41) is 5.27. The molecule has 0 aromatic heterocycles. The summed E-state index contributed by atoms with van der Waals surface area (Å²) in [6, 6.07) is 14.7. The lowest BCUT2D eigenvalue weighted by molar-refractivity contribution is 0.0538. The number of fused-ring (bicyclic) bond motifs is 1. The number of hydrogen-bond donors (Lipinski definition) is 1. The van der Waals surface area contributed by atoms with E-state index in [4.69, 9.17) is 4.74 Å². The molecule has 2 aromatic rings. The molecule has 0 fully saturated rings. The minimum absolute atomic E-state index is 0.368. The molecule has 2 aromatic carbocycles. The lowest BCUT2D eigenvalue weighted by Crippen LogP contribution is -2.32. The van der Waals surface area contributed by atoms with Gasteiger partial charge in [-0.3, -0.25) is 0 Å². The number of ether oxygens (including phenoxy) is 1. The molecule has 1 N–H and O–H groups in total. The largest absolute Gasteiger partial charge is 0.444 e. The topological polar surface area (TPSA) is 38.3 Å². The third-order valence-corrected chi connectivity index (χ3v) is 3.72. The molecule has 4 heteroatoms. The molecule has 0 radical (unpaired) electrons. The van der Waals surface area contributed by atoms with Crippen LogP contribution in [-0.2, 0) is 10.5 Å².